The number of thiophene rings is 1. The molecule has 2 rings (SSSR count). The topological polar surface area (TPSA) is 23.8 Å². The second-order valence-corrected chi connectivity index (χ2v) is 4.95. The Balaban J connectivity index is 2.83. The third kappa shape index (κ3) is 1.41. The zero-order chi connectivity index (χ0) is 10.1. The van der Waals surface area contributed by atoms with E-state index < -0.39 is 0 Å². The summed E-state index contributed by atoms with van der Waals surface area (Å²) in [5, 5.41) is 10.1. The van der Waals surface area contributed by atoms with E-state index >= 15 is 0 Å². The Morgan fingerprint density at radius 3 is 2.86 bits per heavy atom. The molecule has 0 spiro atoms. The summed E-state index contributed by atoms with van der Waals surface area (Å²) in [4.78, 5) is 2.05. The first-order chi connectivity index (χ1) is 6.76. The van der Waals surface area contributed by atoms with Gasteiger partial charge in [-0.2, -0.15) is 5.26 Å². The third-order valence-electron chi connectivity index (χ3n) is 2.17. The molecule has 0 fully saturated rings. The summed E-state index contributed by atoms with van der Waals surface area (Å²) < 4.78 is 1.24. The standard InChI is InChI=1S/C11H9NS2/c1-7-3-4-10(13-2)9-5-8(6-12)14-11(7)9/h3-5H,1-2H3. The zero-order valence-corrected chi connectivity index (χ0v) is 9.63. The molecular weight excluding hydrogens is 210 g/mol. The Bertz CT molecular complexity index is 520. The van der Waals surface area contributed by atoms with Crippen LogP contribution in [0.5, 0.6) is 0 Å². The second kappa shape index (κ2) is 3.64. The number of aryl methyl sites for hydroxylation is 1. The van der Waals surface area contributed by atoms with Crippen molar-refractivity contribution in [1.29, 1.82) is 5.26 Å². The lowest BCUT2D eigenvalue weighted by Gasteiger charge is -2.00. The molecule has 2 aromatic rings. The van der Waals surface area contributed by atoms with Crippen LogP contribution in [0.2, 0.25) is 0 Å². The number of nitriles is 1. The van der Waals surface area contributed by atoms with E-state index in [9.17, 15) is 0 Å². The van der Waals surface area contributed by atoms with E-state index in [4.69, 9.17) is 5.26 Å². The highest BCUT2D eigenvalue weighted by Crippen LogP contribution is 2.34. The van der Waals surface area contributed by atoms with Crippen molar-refractivity contribution in [2.75, 3.05) is 6.26 Å². The minimum atomic E-state index is 0.796. The van der Waals surface area contributed by atoms with Crippen molar-refractivity contribution in [3.63, 3.8) is 0 Å². The van der Waals surface area contributed by atoms with Crippen LogP contribution in [0.1, 0.15) is 10.4 Å². The van der Waals surface area contributed by atoms with Gasteiger partial charge in [-0.3, -0.25) is 0 Å². The lowest BCUT2D eigenvalue weighted by molar-refractivity contribution is 1.48. The molecule has 0 bridgehead atoms. The normalized spacial score (nSPS) is 10.4. The first kappa shape index (κ1) is 9.57. The van der Waals surface area contributed by atoms with Crippen LogP contribution in [0.4, 0.5) is 0 Å². The van der Waals surface area contributed by atoms with Gasteiger partial charge >= 0.3 is 0 Å². The number of fused-ring (bicyclic) bond motifs is 1. The van der Waals surface area contributed by atoms with Crippen molar-refractivity contribution in [3.8, 4) is 6.07 Å². The maximum Gasteiger partial charge on any atom is 0.110 e. The van der Waals surface area contributed by atoms with Gasteiger partial charge in [-0.15, -0.1) is 23.1 Å². The molecule has 70 valence electrons. The number of benzene rings is 1. The fraction of sp³-hybridized carbons (Fsp3) is 0.182. The zero-order valence-electron chi connectivity index (χ0n) is 8.00. The Hall–Kier alpha value is -0.980. The van der Waals surface area contributed by atoms with Gasteiger partial charge in [-0.25, -0.2) is 0 Å². The van der Waals surface area contributed by atoms with E-state index in [0.717, 1.165) is 4.88 Å². The maximum atomic E-state index is 8.85. The van der Waals surface area contributed by atoms with Crippen molar-refractivity contribution in [2.24, 2.45) is 0 Å². The Kier molecular flexibility index (Phi) is 2.49. The first-order valence-electron chi connectivity index (χ1n) is 4.23. The highest BCUT2D eigenvalue weighted by molar-refractivity contribution is 7.98. The molecule has 1 aromatic heterocycles. The molecule has 14 heavy (non-hydrogen) atoms. The summed E-state index contributed by atoms with van der Waals surface area (Å²) >= 11 is 3.31. The smallest absolute Gasteiger partial charge is 0.110 e. The highest BCUT2D eigenvalue weighted by atomic mass is 32.2. The predicted octanol–water partition coefficient (Wildman–Crippen LogP) is 3.80. The maximum absolute atomic E-state index is 8.85. The van der Waals surface area contributed by atoms with Gasteiger partial charge in [0.05, 0.1) is 0 Å². The molecule has 0 aliphatic rings. The molecule has 0 amide bonds. The molecule has 1 aromatic carbocycles. The van der Waals surface area contributed by atoms with Crippen LogP contribution < -0.4 is 0 Å². The number of nitrogens with zero attached hydrogens (tertiary/aromatic N) is 1. The van der Waals surface area contributed by atoms with Crippen molar-refractivity contribution in [2.45, 2.75) is 11.8 Å². The van der Waals surface area contributed by atoms with E-state index in [2.05, 4.69) is 31.4 Å². The predicted molar refractivity (Wildman–Crippen MR) is 63.1 cm³/mol. The Morgan fingerprint density at radius 2 is 2.21 bits per heavy atom. The van der Waals surface area contributed by atoms with Gasteiger partial charge in [0.15, 0.2) is 0 Å². The number of rotatable bonds is 1. The average Bonchev–Trinajstić information content (AvgIpc) is 2.63. The molecule has 3 heteroatoms. The number of hydrogen-bond acceptors (Lipinski definition) is 3. The molecule has 0 unspecified atom stereocenters. The van der Waals surface area contributed by atoms with Crippen molar-refractivity contribution in [1.82, 2.24) is 0 Å². The van der Waals surface area contributed by atoms with Gasteiger partial charge in [-0.05, 0) is 30.9 Å². The van der Waals surface area contributed by atoms with Crippen molar-refractivity contribution < 1.29 is 0 Å². The lowest BCUT2D eigenvalue weighted by Crippen LogP contribution is -1.75. The van der Waals surface area contributed by atoms with E-state index in [1.807, 2.05) is 6.07 Å². The summed E-state index contributed by atoms with van der Waals surface area (Å²) in [6.45, 7) is 2.09. The number of hydrogen-bond donors (Lipinski definition) is 0. The fourth-order valence-electron chi connectivity index (χ4n) is 1.47. The Morgan fingerprint density at radius 1 is 1.43 bits per heavy atom. The summed E-state index contributed by atoms with van der Waals surface area (Å²) in [7, 11) is 0. The minimum absolute atomic E-state index is 0.796. The van der Waals surface area contributed by atoms with Crippen molar-refractivity contribution in [3.05, 3.63) is 28.6 Å². The summed E-state index contributed by atoms with van der Waals surface area (Å²) in [6, 6.07) is 8.43. The quantitative estimate of drug-likeness (QED) is 0.681. The second-order valence-electron chi connectivity index (χ2n) is 3.05. The van der Waals surface area contributed by atoms with Crippen LogP contribution in [-0.4, -0.2) is 6.26 Å². The lowest BCUT2D eigenvalue weighted by atomic mass is 10.2. The van der Waals surface area contributed by atoms with Crippen LogP contribution in [0, 0.1) is 18.3 Å². The molecule has 0 aliphatic heterocycles. The molecule has 0 saturated heterocycles. The SMILES string of the molecule is CSc1ccc(C)c2sc(C#N)cc12. The van der Waals surface area contributed by atoms with Gasteiger partial charge in [0.2, 0.25) is 0 Å². The molecule has 1 nitrogen and oxygen atoms in total. The molecule has 0 atom stereocenters. The van der Waals surface area contributed by atoms with Crippen molar-refractivity contribution >= 4 is 33.2 Å². The molecule has 0 radical (unpaired) electrons. The largest absolute Gasteiger partial charge is 0.192 e. The summed E-state index contributed by atoms with van der Waals surface area (Å²) in [6.07, 6.45) is 2.06. The number of thioether (sulfide) groups is 1. The van der Waals surface area contributed by atoms with E-state index in [-0.39, 0.29) is 0 Å². The fourth-order valence-corrected chi connectivity index (χ4v) is 3.07. The van der Waals surface area contributed by atoms with Gasteiger partial charge in [0.1, 0.15) is 10.9 Å². The minimum Gasteiger partial charge on any atom is -0.192 e. The Labute approximate surface area is 91.4 Å². The summed E-state index contributed by atoms with van der Waals surface area (Å²) in [5.74, 6) is 0. The van der Waals surface area contributed by atoms with Crippen LogP contribution in [-0.2, 0) is 0 Å². The van der Waals surface area contributed by atoms with E-state index in [0.29, 0.717) is 0 Å². The molecular formula is C11H9NS2. The van der Waals surface area contributed by atoms with Crippen LogP contribution >= 0.6 is 23.1 Å². The molecule has 0 saturated carbocycles. The van der Waals surface area contributed by atoms with Crippen LogP contribution in [0.15, 0.2) is 23.1 Å². The average molecular weight is 219 g/mol. The van der Waals surface area contributed by atoms with Gasteiger partial charge in [0.25, 0.3) is 0 Å². The van der Waals surface area contributed by atoms with Gasteiger partial charge in [0, 0.05) is 15.0 Å². The first-order valence-corrected chi connectivity index (χ1v) is 6.27. The molecule has 0 N–H and O–H groups in total. The monoisotopic (exact) mass is 219 g/mol. The van der Waals surface area contributed by atoms with Gasteiger partial charge < -0.3 is 0 Å². The van der Waals surface area contributed by atoms with E-state index in [1.165, 1.54) is 20.5 Å². The van der Waals surface area contributed by atoms with Gasteiger partial charge in [-0.1, -0.05) is 6.07 Å². The van der Waals surface area contributed by atoms with E-state index in [1.54, 1.807) is 23.1 Å². The molecule has 0 aliphatic carbocycles. The third-order valence-corrected chi connectivity index (χ3v) is 4.14. The molecule has 1 heterocycles. The van der Waals surface area contributed by atoms with Crippen LogP contribution in [0.3, 0.4) is 0 Å². The summed E-state index contributed by atoms with van der Waals surface area (Å²) in [5.41, 5.74) is 1.25. The highest BCUT2D eigenvalue weighted by Gasteiger charge is 2.07. The van der Waals surface area contributed by atoms with Crippen LogP contribution in [0.25, 0.3) is 10.1 Å².